The van der Waals surface area contributed by atoms with E-state index in [0.29, 0.717) is 0 Å². The van der Waals surface area contributed by atoms with Gasteiger partial charge in [0.2, 0.25) is 0 Å². The van der Waals surface area contributed by atoms with Crippen molar-refractivity contribution in [2.45, 2.75) is 13.8 Å². The van der Waals surface area contributed by atoms with E-state index in [1.807, 2.05) is 6.07 Å². The van der Waals surface area contributed by atoms with Crippen LogP contribution in [0.3, 0.4) is 0 Å². The van der Waals surface area contributed by atoms with Gasteiger partial charge in [-0.1, -0.05) is 52.3 Å². The summed E-state index contributed by atoms with van der Waals surface area (Å²) < 4.78 is 1.15. The van der Waals surface area contributed by atoms with Crippen LogP contribution in [-0.2, 0) is 0 Å². The van der Waals surface area contributed by atoms with E-state index in [2.05, 4.69) is 66.2 Å². The molecule has 2 aromatic carbocycles. The smallest absolute Gasteiger partial charge is 0.0253 e. The third kappa shape index (κ3) is 2.13. The fraction of sp³-hybridized carbons (Fsp3) is 0.143. The summed E-state index contributed by atoms with van der Waals surface area (Å²) in [4.78, 5) is 0. The lowest BCUT2D eigenvalue weighted by Crippen LogP contribution is -1.84. The van der Waals surface area contributed by atoms with Crippen molar-refractivity contribution < 1.29 is 0 Å². The molecule has 15 heavy (non-hydrogen) atoms. The van der Waals surface area contributed by atoms with E-state index in [4.69, 9.17) is 0 Å². The first-order valence-corrected chi connectivity index (χ1v) is 5.80. The van der Waals surface area contributed by atoms with Crippen LogP contribution in [0.15, 0.2) is 46.9 Å². The Morgan fingerprint density at radius 1 is 0.867 bits per heavy atom. The zero-order chi connectivity index (χ0) is 10.8. The van der Waals surface area contributed by atoms with Gasteiger partial charge in [0.15, 0.2) is 0 Å². The minimum Gasteiger partial charge on any atom is -0.0616 e. The van der Waals surface area contributed by atoms with Gasteiger partial charge in [-0.2, -0.15) is 0 Å². The van der Waals surface area contributed by atoms with Crippen LogP contribution in [0.2, 0.25) is 0 Å². The Balaban J connectivity index is 2.55. The van der Waals surface area contributed by atoms with Crippen LogP contribution in [0, 0.1) is 13.8 Å². The molecule has 0 unspecified atom stereocenters. The molecule has 0 nitrogen and oxygen atoms in total. The molecule has 0 saturated heterocycles. The van der Waals surface area contributed by atoms with Crippen LogP contribution in [0.4, 0.5) is 0 Å². The maximum absolute atomic E-state index is 3.58. The molecule has 0 N–H and O–H groups in total. The standard InChI is InChI=1S/C14H13Br/c1-10-7-8-12(9-11(10)2)13-5-3-4-6-14(13)15/h3-9H,1-2H3. The Hall–Kier alpha value is -1.08. The summed E-state index contributed by atoms with van der Waals surface area (Å²) in [6, 6.07) is 14.9. The van der Waals surface area contributed by atoms with E-state index in [-0.39, 0.29) is 0 Å². The summed E-state index contributed by atoms with van der Waals surface area (Å²) in [7, 11) is 0. The summed E-state index contributed by atoms with van der Waals surface area (Å²) in [6.45, 7) is 4.29. The van der Waals surface area contributed by atoms with Gasteiger partial charge in [0, 0.05) is 4.47 Å². The fourth-order valence-electron chi connectivity index (χ4n) is 1.60. The Morgan fingerprint density at radius 2 is 1.60 bits per heavy atom. The summed E-state index contributed by atoms with van der Waals surface area (Å²) in [6.07, 6.45) is 0. The molecular weight excluding hydrogens is 248 g/mol. The van der Waals surface area contributed by atoms with Gasteiger partial charge in [0.05, 0.1) is 0 Å². The predicted octanol–water partition coefficient (Wildman–Crippen LogP) is 4.73. The van der Waals surface area contributed by atoms with Crippen LogP contribution in [0.25, 0.3) is 11.1 Å². The molecule has 76 valence electrons. The normalized spacial score (nSPS) is 10.3. The molecule has 0 saturated carbocycles. The van der Waals surface area contributed by atoms with Crippen LogP contribution in [-0.4, -0.2) is 0 Å². The SMILES string of the molecule is Cc1ccc(-c2ccccc2Br)cc1C. The van der Waals surface area contributed by atoms with Crippen LogP contribution < -0.4 is 0 Å². The Kier molecular flexibility index (Phi) is 2.92. The van der Waals surface area contributed by atoms with Crippen LogP contribution in [0.5, 0.6) is 0 Å². The van der Waals surface area contributed by atoms with E-state index in [1.54, 1.807) is 0 Å². The average Bonchev–Trinajstić information content (AvgIpc) is 2.23. The summed E-state index contributed by atoms with van der Waals surface area (Å²) in [5.41, 5.74) is 5.19. The van der Waals surface area contributed by atoms with E-state index >= 15 is 0 Å². The minimum absolute atomic E-state index is 1.15. The van der Waals surface area contributed by atoms with E-state index in [0.717, 1.165) is 4.47 Å². The highest BCUT2D eigenvalue weighted by atomic mass is 79.9. The number of benzene rings is 2. The van der Waals surface area contributed by atoms with Crippen molar-refractivity contribution >= 4 is 15.9 Å². The molecule has 0 aliphatic carbocycles. The molecule has 0 bridgehead atoms. The molecule has 0 aliphatic rings. The van der Waals surface area contributed by atoms with E-state index in [9.17, 15) is 0 Å². The van der Waals surface area contributed by atoms with Crippen molar-refractivity contribution in [3.8, 4) is 11.1 Å². The zero-order valence-electron chi connectivity index (χ0n) is 8.92. The lowest BCUT2D eigenvalue weighted by atomic mass is 10.0. The van der Waals surface area contributed by atoms with Crippen molar-refractivity contribution in [1.82, 2.24) is 0 Å². The van der Waals surface area contributed by atoms with Crippen molar-refractivity contribution in [2.75, 3.05) is 0 Å². The molecular formula is C14H13Br. The molecule has 0 amide bonds. The topological polar surface area (TPSA) is 0 Å². The third-order valence-corrected chi connectivity index (χ3v) is 3.38. The first-order valence-electron chi connectivity index (χ1n) is 5.00. The van der Waals surface area contributed by atoms with Gasteiger partial charge in [0.25, 0.3) is 0 Å². The van der Waals surface area contributed by atoms with Crippen molar-refractivity contribution in [3.05, 3.63) is 58.1 Å². The monoisotopic (exact) mass is 260 g/mol. The van der Waals surface area contributed by atoms with Crippen LogP contribution in [0.1, 0.15) is 11.1 Å². The highest BCUT2D eigenvalue weighted by Crippen LogP contribution is 2.28. The number of rotatable bonds is 1. The number of halogens is 1. The largest absolute Gasteiger partial charge is 0.0616 e. The highest BCUT2D eigenvalue weighted by Gasteiger charge is 2.02. The van der Waals surface area contributed by atoms with Gasteiger partial charge in [-0.15, -0.1) is 0 Å². The molecule has 0 radical (unpaired) electrons. The van der Waals surface area contributed by atoms with Crippen molar-refractivity contribution in [1.29, 1.82) is 0 Å². The third-order valence-electron chi connectivity index (χ3n) is 2.69. The van der Waals surface area contributed by atoms with Crippen LogP contribution >= 0.6 is 15.9 Å². The summed E-state index contributed by atoms with van der Waals surface area (Å²) in [5, 5.41) is 0. The highest BCUT2D eigenvalue weighted by molar-refractivity contribution is 9.10. The first kappa shape index (κ1) is 10.4. The number of hydrogen-bond acceptors (Lipinski definition) is 0. The van der Waals surface area contributed by atoms with Crippen molar-refractivity contribution in [2.24, 2.45) is 0 Å². The van der Waals surface area contributed by atoms with Gasteiger partial charge in [-0.25, -0.2) is 0 Å². The zero-order valence-corrected chi connectivity index (χ0v) is 10.5. The molecule has 0 fully saturated rings. The Bertz CT molecular complexity index is 486. The minimum atomic E-state index is 1.15. The molecule has 0 spiro atoms. The van der Waals surface area contributed by atoms with Gasteiger partial charge < -0.3 is 0 Å². The van der Waals surface area contributed by atoms with Gasteiger partial charge in [0.1, 0.15) is 0 Å². The van der Waals surface area contributed by atoms with E-state index < -0.39 is 0 Å². The summed E-state index contributed by atoms with van der Waals surface area (Å²) >= 11 is 3.58. The fourth-order valence-corrected chi connectivity index (χ4v) is 2.12. The first-order chi connectivity index (χ1) is 7.18. The lowest BCUT2D eigenvalue weighted by molar-refractivity contribution is 1.34. The van der Waals surface area contributed by atoms with Gasteiger partial charge >= 0.3 is 0 Å². The average molecular weight is 261 g/mol. The second-order valence-corrected chi connectivity index (χ2v) is 4.63. The molecule has 0 aromatic heterocycles. The molecule has 0 aliphatic heterocycles. The van der Waals surface area contributed by atoms with Gasteiger partial charge in [-0.3, -0.25) is 0 Å². The van der Waals surface area contributed by atoms with Crippen molar-refractivity contribution in [3.63, 3.8) is 0 Å². The second kappa shape index (κ2) is 4.19. The second-order valence-electron chi connectivity index (χ2n) is 3.78. The maximum Gasteiger partial charge on any atom is 0.0253 e. The number of hydrogen-bond donors (Lipinski definition) is 0. The maximum atomic E-state index is 3.58. The molecule has 0 atom stereocenters. The molecule has 2 rings (SSSR count). The Morgan fingerprint density at radius 3 is 2.27 bits per heavy atom. The molecule has 2 aromatic rings. The van der Waals surface area contributed by atoms with Gasteiger partial charge in [-0.05, 0) is 42.2 Å². The van der Waals surface area contributed by atoms with E-state index in [1.165, 1.54) is 22.3 Å². The predicted molar refractivity (Wildman–Crippen MR) is 69.1 cm³/mol. The summed E-state index contributed by atoms with van der Waals surface area (Å²) in [5.74, 6) is 0. The molecule has 1 heteroatoms. The molecule has 0 heterocycles. The number of aryl methyl sites for hydroxylation is 2. The Labute approximate surface area is 99.1 Å². The quantitative estimate of drug-likeness (QED) is 0.696. The lowest BCUT2D eigenvalue weighted by Gasteiger charge is -2.07.